The fourth-order valence-electron chi connectivity index (χ4n) is 1.14. The summed E-state index contributed by atoms with van der Waals surface area (Å²) in [6.07, 6.45) is -1.80. The molecule has 0 rings (SSSR count). The van der Waals surface area contributed by atoms with Gasteiger partial charge in [-0.25, -0.2) is 4.79 Å². The highest BCUT2D eigenvalue weighted by atomic mass is 28.4. The van der Waals surface area contributed by atoms with Gasteiger partial charge in [0.15, 0.2) is 6.04 Å². The maximum atomic E-state index is 12.2. The third-order valence-corrected chi connectivity index (χ3v) is 7.77. The topological polar surface area (TPSA) is 84.9 Å². The molecule has 0 aromatic rings. The fourth-order valence-corrected chi connectivity index (χ4v) is 2.08. The minimum Gasteiger partial charge on any atom is -0.518 e. The van der Waals surface area contributed by atoms with E-state index >= 15 is 0 Å². The van der Waals surface area contributed by atoms with E-state index in [9.17, 15) is 14.7 Å². The highest BCUT2D eigenvalue weighted by Crippen LogP contribution is 2.36. The number of aliphatic hydroxyl groups is 1. The number of aliphatic hydroxyl groups excluding tert-OH is 1. The van der Waals surface area contributed by atoms with Crippen LogP contribution in [0, 0.1) is 0 Å². The zero-order chi connectivity index (χ0) is 16.1. The van der Waals surface area contributed by atoms with Gasteiger partial charge in [0.05, 0.1) is 12.7 Å². The minimum absolute atomic E-state index is 0.143. The van der Waals surface area contributed by atoms with Crippen molar-refractivity contribution in [3.63, 3.8) is 0 Å². The Hall–Kier alpha value is -1.08. The molecule has 0 aliphatic heterocycles. The fraction of sp³-hybridized carbons (Fsp3) is 0.846. The number of hydrogen-bond donors (Lipinski definition) is 2. The number of hydrogen-bond acceptors (Lipinski definition) is 5. The van der Waals surface area contributed by atoms with E-state index in [-0.39, 0.29) is 11.6 Å². The van der Waals surface area contributed by atoms with Crippen molar-refractivity contribution < 1.29 is 23.9 Å². The summed E-state index contributed by atoms with van der Waals surface area (Å²) < 4.78 is 10.3. The van der Waals surface area contributed by atoms with Crippen LogP contribution >= 0.6 is 0 Å². The second-order valence-corrected chi connectivity index (χ2v) is 11.0. The molecule has 0 heterocycles. The van der Waals surface area contributed by atoms with Gasteiger partial charge in [0.1, 0.15) is 0 Å². The summed E-state index contributed by atoms with van der Waals surface area (Å²) in [5, 5.41) is 11.8. The lowest BCUT2D eigenvalue weighted by atomic mass is 10.2. The van der Waals surface area contributed by atoms with Gasteiger partial charge in [0, 0.05) is 0 Å². The van der Waals surface area contributed by atoms with Crippen LogP contribution in [0.5, 0.6) is 0 Å². The molecule has 6 nitrogen and oxygen atoms in total. The van der Waals surface area contributed by atoms with Crippen LogP contribution in [0.3, 0.4) is 0 Å². The number of amides is 1. The van der Waals surface area contributed by atoms with E-state index in [1.165, 1.54) is 6.92 Å². The molecule has 0 saturated carbocycles. The lowest BCUT2D eigenvalue weighted by molar-refractivity contribution is -0.140. The van der Waals surface area contributed by atoms with Crippen LogP contribution in [0.4, 0.5) is 4.79 Å². The molecule has 0 saturated heterocycles. The summed E-state index contributed by atoms with van der Waals surface area (Å²) in [7, 11) is -2.30. The Morgan fingerprint density at radius 1 is 1.30 bits per heavy atom. The molecule has 0 bridgehead atoms. The molecule has 0 aromatic carbocycles. The molecule has 2 N–H and O–H groups in total. The first kappa shape index (κ1) is 18.9. The Labute approximate surface area is 122 Å². The first-order valence-electron chi connectivity index (χ1n) is 6.76. The van der Waals surface area contributed by atoms with Crippen molar-refractivity contribution in [2.24, 2.45) is 0 Å². The number of nitrogens with one attached hydrogen (secondary N) is 1. The van der Waals surface area contributed by atoms with Crippen LogP contribution in [0.2, 0.25) is 18.1 Å². The van der Waals surface area contributed by atoms with Gasteiger partial charge < -0.3 is 19.6 Å². The molecule has 0 aliphatic rings. The van der Waals surface area contributed by atoms with Crippen molar-refractivity contribution in [2.75, 3.05) is 6.61 Å². The second-order valence-electron chi connectivity index (χ2n) is 6.26. The van der Waals surface area contributed by atoms with E-state index in [0.29, 0.717) is 0 Å². The summed E-state index contributed by atoms with van der Waals surface area (Å²) in [5.74, 6) is -0.625. The summed E-state index contributed by atoms with van der Waals surface area (Å²) in [4.78, 5) is 23.6. The average molecular weight is 305 g/mol. The zero-order valence-electron chi connectivity index (χ0n) is 13.4. The molecule has 118 valence electrons. The van der Waals surface area contributed by atoms with E-state index in [0.717, 1.165) is 0 Å². The largest absolute Gasteiger partial charge is 0.518 e. The predicted molar refractivity (Wildman–Crippen MR) is 78.9 cm³/mol. The van der Waals surface area contributed by atoms with E-state index in [4.69, 9.17) is 9.16 Å². The van der Waals surface area contributed by atoms with Gasteiger partial charge in [0.2, 0.25) is 0 Å². The number of carbonyl (C=O) groups is 2. The molecule has 7 heteroatoms. The smallest absolute Gasteiger partial charge is 0.407 e. The van der Waals surface area contributed by atoms with Crippen molar-refractivity contribution in [1.82, 2.24) is 5.32 Å². The third kappa shape index (κ3) is 5.50. The molecule has 0 fully saturated rings. The summed E-state index contributed by atoms with van der Waals surface area (Å²) >= 11 is 0. The SMILES string of the molecule is CCOC(=O)NC(C(=O)O[Si](C)(C)C(C)(C)C)C(C)O. The van der Waals surface area contributed by atoms with Crippen molar-refractivity contribution in [1.29, 1.82) is 0 Å². The van der Waals surface area contributed by atoms with Crippen molar-refractivity contribution >= 4 is 20.4 Å². The monoisotopic (exact) mass is 305 g/mol. The molecular weight excluding hydrogens is 278 g/mol. The molecule has 20 heavy (non-hydrogen) atoms. The summed E-state index contributed by atoms with van der Waals surface area (Å²) in [6, 6.07) is -1.12. The van der Waals surface area contributed by atoms with Crippen LogP contribution in [-0.2, 0) is 14.0 Å². The molecule has 2 atom stereocenters. The second kappa shape index (κ2) is 7.08. The Bertz CT molecular complexity index is 349. The highest BCUT2D eigenvalue weighted by molar-refractivity contribution is 6.75. The lowest BCUT2D eigenvalue weighted by Gasteiger charge is -2.36. The third-order valence-electron chi connectivity index (χ3n) is 3.45. The van der Waals surface area contributed by atoms with Gasteiger partial charge in [-0.1, -0.05) is 20.8 Å². The highest BCUT2D eigenvalue weighted by Gasteiger charge is 2.42. The number of carbonyl (C=O) groups excluding carboxylic acids is 2. The van der Waals surface area contributed by atoms with Gasteiger partial charge in [-0.3, -0.25) is 4.79 Å². The Kier molecular flexibility index (Phi) is 6.69. The summed E-state index contributed by atoms with van der Waals surface area (Å²) in [5.41, 5.74) is 0. The van der Waals surface area contributed by atoms with Crippen LogP contribution < -0.4 is 5.32 Å². The maximum Gasteiger partial charge on any atom is 0.407 e. The van der Waals surface area contributed by atoms with Gasteiger partial charge in [-0.2, -0.15) is 0 Å². The van der Waals surface area contributed by atoms with Gasteiger partial charge in [-0.15, -0.1) is 0 Å². The minimum atomic E-state index is -2.30. The number of ether oxygens (including phenoxy) is 1. The number of rotatable bonds is 5. The predicted octanol–water partition coefficient (Wildman–Crippen LogP) is 2.03. The Morgan fingerprint density at radius 3 is 2.15 bits per heavy atom. The Balaban J connectivity index is 4.88. The molecule has 0 spiro atoms. The van der Waals surface area contributed by atoms with Gasteiger partial charge in [0.25, 0.3) is 8.32 Å². The standard InChI is InChI=1S/C13H27NO5Si/c1-8-18-12(17)14-10(9(2)15)11(16)19-20(6,7)13(3,4)5/h9-10,15H,8H2,1-7H3,(H,14,17). The van der Waals surface area contributed by atoms with E-state index in [1.807, 2.05) is 33.9 Å². The van der Waals surface area contributed by atoms with Crippen LogP contribution in [0.25, 0.3) is 0 Å². The molecule has 0 aliphatic carbocycles. The number of alkyl carbamates (subject to hydrolysis) is 1. The zero-order valence-corrected chi connectivity index (χ0v) is 14.4. The molecule has 2 unspecified atom stereocenters. The molecule has 0 radical (unpaired) electrons. The first-order chi connectivity index (χ1) is 8.92. The van der Waals surface area contributed by atoms with E-state index in [1.54, 1.807) is 6.92 Å². The van der Waals surface area contributed by atoms with Crippen LogP contribution in [0.15, 0.2) is 0 Å². The van der Waals surface area contributed by atoms with Crippen molar-refractivity contribution in [3.8, 4) is 0 Å². The first-order valence-corrected chi connectivity index (χ1v) is 9.67. The average Bonchev–Trinajstić information content (AvgIpc) is 2.23. The lowest BCUT2D eigenvalue weighted by Crippen LogP contribution is -2.53. The van der Waals surface area contributed by atoms with Crippen LogP contribution in [-0.4, -0.2) is 44.2 Å². The molecule has 0 aromatic heterocycles. The van der Waals surface area contributed by atoms with E-state index in [2.05, 4.69) is 5.32 Å². The quantitative estimate of drug-likeness (QED) is 0.759. The molecule has 1 amide bonds. The van der Waals surface area contributed by atoms with E-state index < -0.39 is 32.5 Å². The van der Waals surface area contributed by atoms with Gasteiger partial charge >= 0.3 is 12.1 Å². The van der Waals surface area contributed by atoms with Crippen molar-refractivity contribution in [2.45, 2.75) is 64.9 Å². The van der Waals surface area contributed by atoms with Crippen molar-refractivity contribution in [3.05, 3.63) is 0 Å². The maximum absolute atomic E-state index is 12.2. The van der Waals surface area contributed by atoms with Gasteiger partial charge in [-0.05, 0) is 32.0 Å². The Morgan fingerprint density at radius 2 is 1.80 bits per heavy atom. The van der Waals surface area contributed by atoms with Crippen LogP contribution in [0.1, 0.15) is 34.6 Å². The normalized spacial score (nSPS) is 15.2. The summed E-state index contributed by atoms with van der Waals surface area (Å²) in [6.45, 7) is 13.1. The molecular formula is C13H27NO5Si.